The third-order valence-corrected chi connectivity index (χ3v) is 3.23. The molecule has 19 heavy (non-hydrogen) atoms. The molecule has 0 unspecified atom stereocenters. The van der Waals surface area contributed by atoms with Gasteiger partial charge >= 0.3 is 0 Å². The number of hydrogen-bond acceptors (Lipinski definition) is 3. The lowest BCUT2D eigenvalue weighted by Crippen LogP contribution is -2.10. The number of nitrogens with zero attached hydrogens (tertiary/aromatic N) is 2. The van der Waals surface area contributed by atoms with Gasteiger partial charge in [0.05, 0.1) is 19.3 Å². The highest BCUT2D eigenvalue weighted by atomic mass is 19.1. The van der Waals surface area contributed by atoms with Gasteiger partial charge in [-0.05, 0) is 32.2 Å². The molecule has 0 aliphatic rings. The second-order valence-corrected chi connectivity index (χ2v) is 4.40. The van der Waals surface area contributed by atoms with E-state index in [1.54, 1.807) is 13.2 Å². The number of ether oxygens (including phenoxy) is 1. The molecule has 1 aromatic carbocycles. The van der Waals surface area contributed by atoms with Crippen molar-refractivity contribution in [1.29, 1.82) is 0 Å². The van der Waals surface area contributed by atoms with Crippen LogP contribution in [0.1, 0.15) is 11.5 Å². The van der Waals surface area contributed by atoms with Crippen LogP contribution in [0, 0.1) is 12.7 Å². The Morgan fingerprint density at radius 2 is 2.16 bits per heavy atom. The van der Waals surface area contributed by atoms with E-state index in [-0.39, 0.29) is 5.82 Å². The number of aromatic nitrogens is 2. The molecule has 2 rings (SSSR count). The van der Waals surface area contributed by atoms with E-state index in [1.165, 1.54) is 12.1 Å². The summed E-state index contributed by atoms with van der Waals surface area (Å²) in [6.07, 6.45) is 0. The number of nitrogens with one attached hydrogen (secondary N) is 1. The van der Waals surface area contributed by atoms with Crippen molar-refractivity contribution >= 4 is 0 Å². The van der Waals surface area contributed by atoms with E-state index in [4.69, 9.17) is 4.74 Å². The van der Waals surface area contributed by atoms with Gasteiger partial charge in [-0.15, -0.1) is 0 Å². The third-order valence-electron chi connectivity index (χ3n) is 3.23. The van der Waals surface area contributed by atoms with Crippen LogP contribution in [0.3, 0.4) is 0 Å². The summed E-state index contributed by atoms with van der Waals surface area (Å²) in [5.41, 5.74) is 2.41. The number of hydrogen-bond donors (Lipinski definition) is 1. The van der Waals surface area contributed by atoms with E-state index in [2.05, 4.69) is 10.3 Å². The van der Waals surface area contributed by atoms with Crippen LogP contribution in [0.5, 0.6) is 5.75 Å². The number of methoxy groups -OCH3 is 1. The summed E-state index contributed by atoms with van der Waals surface area (Å²) in [7, 11) is 5.39. The van der Waals surface area contributed by atoms with Gasteiger partial charge in [0.25, 0.3) is 0 Å². The lowest BCUT2D eigenvalue weighted by molar-refractivity contribution is 0.415. The Morgan fingerprint density at radius 1 is 1.42 bits per heavy atom. The molecule has 102 valence electrons. The summed E-state index contributed by atoms with van der Waals surface area (Å²) in [6.45, 7) is 2.63. The summed E-state index contributed by atoms with van der Waals surface area (Å²) < 4.78 is 20.7. The van der Waals surface area contributed by atoms with Crippen molar-refractivity contribution in [3.05, 3.63) is 35.5 Å². The summed E-state index contributed by atoms with van der Waals surface area (Å²) in [4.78, 5) is 4.57. The third kappa shape index (κ3) is 2.46. The summed E-state index contributed by atoms with van der Waals surface area (Å²) >= 11 is 0. The van der Waals surface area contributed by atoms with Gasteiger partial charge in [-0.1, -0.05) is 0 Å². The maximum absolute atomic E-state index is 13.5. The van der Waals surface area contributed by atoms with Crippen LogP contribution in [0.4, 0.5) is 4.39 Å². The van der Waals surface area contributed by atoms with Gasteiger partial charge in [0.1, 0.15) is 17.4 Å². The minimum absolute atomic E-state index is 0.295. The predicted molar refractivity (Wildman–Crippen MR) is 72.7 cm³/mol. The van der Waals surface area contributed by atoms with E-state index in [0.717, 1.165) is 17.2 Å². The molecular weight excluding hydrogens is 245 g/mol. The molecule has 0 saturated carbocycles. The van der Waals surface area contributed by atoms with Crippen LogP contribution in [0.15, 0.2) is 18.2 Å². The van der Waals surface area contributed by atoms with E-state index < -0.39 is 0 Å². The van der Waals surface area contributed by atoms with Crippen LogP contribution in [-0.2, 0) is 13.6 Å². The smallest absolute Gasteiger partial charge is 0.128 e. The predicted octanol–water partition coefficient (Wildman–Crippen LogP) is 2.26. The molecule has 0 fully saturated rings. The molecule has 0 aliphatic carbocycles. The van der Waals surface area contributed by atoms with Crippen molar-refractivity contribution in [3.8, 4) is 17.0 Å². The van der Waals surface area contributed by atoms with Gasteiger partial charge in [0, 0.05) is 18.3 Å². The van der Waals surface area contributed by atoms with Crippen molar-refractivity contribution in [3.63, 3.8) is 0 Å². The first-order valence-electron chi connectivity index (χ1n) is 6.09. The average molecular weight is 263 g/mol. The standard InChI is InChI=1S/C14H18FN3O/c1-9-14(17-13(8-16-2)18(9)3)11-7-10(15)5-6-12(11)19-4/h5-7,16H,8H2,1-4H3. The fourth-order valence-electron chi connectivity index (χ4n) is 2.07. The Labute approximate surface area is 112 Å². The molecule has 0 radical (unpaired) electrons. The molecule has 0 amide bonds. The van der Waals surface area contributed by atoms with Crippen LogP contribution >= 0.6 is 0 Å². The first-order chi connectivity index (χ1) is 9.08. The van der Waals surface area contributed by atoms with Crippen molar-refractivity contribution < 1.29 is 9.13 Å². The molecule has 1 aromatic heterocycles. The largest absolute Gasteiger partial charge is 0.496 e. The van der Waals surface area contributed by atoms with Crippen LogP contribution in [0.25, 0.3) is 11.3 Å². The van der Waals surface area contributed by atoms with Crippen LogP contribution < -0.4 is 10.1 Å². The van der Waals surface area contributed by atoms with E-state index in [1.807, 2.05) is 25.6 Å². The average Bonchev–Trinajstić information content (AvgIpc) is 2.67. The molecule has 2 aromatic rings. The summed E-state index contributed by atoms with van der Waals surface area (Å²) in [6, 6.07) is 4.46. The Bertz CT molecular complexity index is 593. The van der Waals surface area contributed by atoms with Gasteiger partial charge < -0.3 is 14.6 Å². The molecule has 1 N–H and O–H groups in total. The maximum atomic E-state index is 13.5. The van der Waals surface area contributed by atoms with Crippen molar-refractivity contribution in [2.45, 2.75) is 13.5 Å². The first-order valence-corrected chi connectivity index (χ1v) is 6.09. The molecule has 0 atom stereocenters. The highest BCUT2D eigenvalue weighted by molar-refractivity contribution is 5.69. The number of imidazole rings is 1. The Morgan fingerprint density at radius 3 is 2.79 bits per heavy atom. The second kappa shape index (κ2) is 5.40. The van der Waals surface area contributed by atoms with Crippen LogP contribution in [0.2, 0.25) is 0 Å². The molecule has 0 bridgehead atoms. The zero-order chi connectivity index (χ0) is 14.0. The highest BCUT2D eigenvalue weighted by Gasteiger charge is 2.16. The molecule has 0 aliphatic heterocycles. The first kappa shape index (κ1) is 13.5. The van der Waals surface area contributed by atoms with Gasteiger partial charge in [-0.2, -0.15) is 0 Å². The molecular formula is C14H18FN3O. The van der Waals surface area contributed by atoms with Gasteiger partial charge in [-0.25, -0.2) is 9.37 Å². The zero-order valence-corrected chi connectivity index (χ0v) is 11.6. The summed E-state index contributed by atoms with van der Waals surface area (Å²) in [5, 5.41) is 3.07. The summed E-state index contributed by atoms with van der Waals surface area (Å²) in [5.74, 6) is 1.23. The van der Waals surface area contributed by atoms with Gasteiger partial charge in [0.15, 0.2) is 0 Å². The highest BCUT2D eigenvalue weighted by Crippen LogP contribution is 2.32. The maximum Gasteiger partial charge on any atom is 0.128 e. The number of halogens is 1. The van der Waals surface area contributed by atoms with Crippen molar-refractivity contribution in [1.82, 2.24) is 14.9 Å². The van der Waals surface area contributed by atoms with Crippen molar-refractivity contribution in [2.24, 2.45) is 7.05 Å². The fraction of sp³-hybridized carbons (Fsp3) is 0.357. The normalized spacial score (nSPS) is 10.8. The Kier molecular flexibility index (Phi) is 3.85. The SMILES string of the molecule is CNCc1nc(-c2cc(F)ccc2OC)c(C)n1C. The van der Waals surface area contributed by atoms with Gasteiger partial charge in [-0.3, -0.25) is 0 Å². The topological polar surface area (TPSA) is 39.1 Å². The van der Waals surface area contributed by atoms with Crippen LogP contribution in [-0.4, -0.2) is 23.7 Å². The monoisotopic (exact) mass is 263 g/mol. The number of benzene rings is 1. The van der Waals surface area contributed by atoms with E-state index in [0.29, 0.717) is 17.9 Å². The van der Waals surface area contributed by atoms with Crippen molar-refractivity contribution in [2.75, 3.05) is 14.2 Å². The fourth-order valence-corrected chi connectivity index (χ4v) is 2.07. The van der Waals surface area contributed by atoms with E-state index >= 15 is 0 Å². The minimum atomic E-state index is -0.295. The minimum Gasteiger partial charge on any atom is -0.496 e. The van der Waals surface area contributed by atoms with Gasteiger partial charge in [0.2, 0.25) is 0 Å². The molecule has 1 heterocycles. The molecule has 4 nitrogen and oxygen atoms in total. The molecule has 0 saturated heterocycles. The molecule has 5 heteroatoms. The quantitative estimate of drug-likeness (QED) is 0.919. The number of rotatable bonds is 4. The Hall–Kier alpha value is -1.88. The zero-order valence-electron chi connectivity index (χ0n) is 11.6. The Balaban J connectivity index is 2.58. The lowest BCUT2D eigenvalue weighted by atomic mass is 10.1. The lowest BCUT2D eigenvalue weighted by Gasteiger charge is -2.07. The second-order valence-electron chi connectivity index (χ2n) is 4.40. The molecule has 0 spiro atoms. The van der Waals surface area contributed by atoms with E-state index in [9.17, 15) is 4.39 Å².